The van der Waals surface area contributed by atoms with Gasteiger partial charge >= 0.3 is 0 Å². The Hall–Kier alpha value is -1.90. The van der Waals surface area contributed by atoms with Gasteiger partial charge in [0, 0.05) is 9.79 Å². The van der Waals surface area contributed by atoms with Crippen LogP contribution < -0.4 is 0 Å². The van der Waals surface area contributed by atoms with E-state index in [0.717, 1.165) is 22.6 Å². The van der Waals surface area contributed by atoms with Crippen molar-refractivity contribution in [2.45, 2.75) is 62.2 Å². The molecule has 0 radical (unpaired) electrons. The molecule has 0 spiro atoms. The Bertz CT molecular complexity index is 1100. The fraction of sp³-hybridized carbons (Fsp3) is 0.286. The lowest BCUT2D eigenvalue weighted by Crippen LogP contribution is -1.95. The third kappa shape index (κ3) is 4.00. The highest BCUT2D eigenvalue weighted by Gasteiger charge is 2.16. The molecular weight excluding hydrogens is 400 g/mol. The first-order valence-electron chi connectivity index (χ1n) is 11.1. The molecule has 154 valence electrons. The van der Waals surface area contributed by atoms with Crippen molar-refractivity contribution < 1.29 is 0 Å². The molecule has 0 aliphatic heterocycles. The standard InChI is InChI=1S/C28H30S2/c1-3-5-11-19-17-25(21-13-7-9-15-23(21)27(19)29)26-18-20(12-6-4-2)28(30)24-16-10-8-14-22(24)26/h7-10,13-18,29-30H,3-6,11-12H2,1-2H3. The Labute approximate surface area is 191 Å². The van der Waals surface area contributed by atoms with Crippen molar-refractivity contribution in [3.8, 4) is 11.1 Å². The number of thiol groups is 2. The molecule has 0 saturated carbocycles. The number of hydrogen-bond acceptors (Lipinski definition) is 2. The van der Waals surface area contributed by atoms with Crippen molar-refractivity contribution in [2.75, 3.05) is 0 Å². The first kappa shape index (κ1) is 21.3. The number of fused-ring (bicyclic) bond motifs is 2. The monoisotopic (exact) mass is 430 g/mol. The molecule has 4 rings (SSSR count). The summed E-state index contributed by atoms with van der Waals surface area (Å²) >= 11 is 9.88. The van der Waals surface area contributed by atoms with Crippen LogP contribution in [0.2, 0.25) is 0 Å². The fourth-order valence-corrected chi connectivity index (χ4v) is 5.14. The van der Waals surface area contributed by atoms with Gasteiger partial charge in [-0.05, 0) is 81.6 Å². The van der Waals surface area contributed by atoms with E-state index in [0.29, 0.717) is 0 Å². The first-order valence-corrected chi connectivity index (χ1v) is 12.0. The van der Waals surface area contributed by atoms with E-state index in [-0.39, 0.29) is 0 Å². The summed E-state index contributed by atoms with van der Waals surface area (Å²) in [7, 11) is 0. The normalized spacial score (nSPS) is 11.5. The highest BCUT2D eigenvalue weighted by molar-refractivity contribution is 7.80. The maximum absolute atomic E-state index is 4.94. The summed E-state index contributed by atoms with van der Waals surface area (Å²) in [6.07, 6.45) is 6.88. The predicted molar refractivity (Wildman–Crippen MR) is 139 cm³/mol. The van der Waals surface area contributed by atoms with Gasteiger partial charge in [0.2, 0.25) is 0 Å². The molecule has 0 fully saturated rings. The zero-order valence-electron chi connectivity index (χ0n) is 17.9. The van der Waals surface area contributed by atoms with Gasteiger partial charge in [0.25, 0.3) is 0 Å². The molecule has 2 heteroatoms. The molecule has 0 unspecified atom stereocenters. The minimum absolute atomic E-state index is 1.07. The van der Waals surface area contributed by atoms with Gasteiger partial charge in [-0.15, -0.1) is 25.3 Å². The molecule has 0 saturated heterocycles. The van der Waals surface area contributed by atoms with Crippen LogP contribution in [-0.2, 0) is 12.8 Å². The SMILES string of the molecule is CCCCc1cc(-c2cc(CCCC)c(S)c3ccccc23)c2ccccc2c1S. The molecule has 0 aliphatic rings. The molecular formula is C28H30S2. The van der Waals surface area contributed by atoms with Crippen LogP contribution in [0.3, 0.4) is 0 Å². The van der Waals surface area contributed by atoms with E-state index < -0.39 is 0 Å². The Balaban J connectivity index is 2.04. The maximum atomic E-state index is 4.94. The maximum Gasteiger partial charge on any atom is 0.0151 e. The summed E-state index contributed by atoms with van der Waals surface area (Å²) in [5, 5.41) is 5.06. The molecule has 0 nitrogen and oxygen atoms in total. The number of hydrogen-bond donors (Lipinski definition) is 2. The van der Waals surface area contributed by atoms with E-state index in [1.807, 2.05) is 0 Å². The fourth-order valence-electron chi connectivity index (χ4n) is 4.40. The molecule has 0 aliphatic carbocycles. The van der Waals surface area contributed by atoms with Gasteiger partial charge in [-0.25, -0.2) is 0 Å². The van der Waals surface area contributed by atoms with Crippen LogP contribution in [0.4, 0.5) is 0 Å². The van der Waals surface area contributed by atoms with Gasteiger partial charge in [0.05, 0.1) is 0 Å². The summed E-state index contributed by atoms with van der Waals surface area (Å²) in [6, 6.07) is 22.2. The summed E-state index contributed by atoms with van der Waals surface area (Å²) in [5.74, 6) is 0. The topological polar surface area (TPSA) is 0 Å². The first-order chi connectivity index (χ1) is 14.7. The second-order valence-corrected chi connectivity index (χ2v) is 9.06. The number of aryl methyl sites for hydroxylation is 2. The van der Waals surface area contributed by atoms with Crippen LogP contribution in [-0.4, -0.2) is 0 Å². The third-order valence-corrected chi connectivity index (χ3v) is 7.14. The second-order valence-electron chi connectivity index (χ2n) is 8.16. The lowest BCUT2D eigenvalue weighted by Gasteiger charge is -2.18. The van der Waals surface area contributed by atoms with Gasteiger partial charge in [-0.2, -0.15) is 0 Å². The quantitative estimate of drug-likeness (QED) is 0.269. The van der Waals surface area contributed by atoms with Gasteiger partial charge < -0.3 is 0 Å². The summed E-state index contributed by atoms with van der Waals surface area (Å²) in [6.45, 7) is 4.50. The van der Waals surface area contributed by atoms with Gasteiger partial charge in [0.15, 0.2) is 0 Å². The molecule has 30 heavy (non-hydrogen) atoms. The molecule has 0 N–H and O–H groups in total. The van der Waals surface area contributed by atoms with E-state index >= 15 is 0 Å². The average Bonchev–Trinajstić information content (AvgIpc) is 2.79. The van der Waals surface area contributed by atoms with Gasteiger partial charge in [0.1, 0.15) is 0 Å². The van der Waals surface area contributed by atoms with E-state index in [4.69, 9.17) is 25.3 Å². The third-order valence-electron chi connectivity index (χ3n) is 6.08. The number of rotatable bonds is 7. The molecule has 0 aromatic heterocycles. The largest absolute Gasteiger partial charge is 0.143 e. The number of unbranched alkanes of at least 4 members (excludes halogenated alkanes) is 2. The molecule has 0 amide bonds. The highest BCUT2D eigenvalue weighted by Crippen LogP contribution is 2.41. The zero-order chi connectivity index (χ0) is 21.1. The molecule has 0 heterocycles. The lowest BCUT2D eigenvalue weighted by atomic mass is 9.89. The lowest BCUT2D eigenvalue weighted by molar-refractivity contribution is 0.786. The Kier molecular flexibility index (Phi) is 6.75. The Morgan fingerprint density at radius 2 is 0.933 bits per heavy atom. The summed E-state index contributed by atoms with van der Waals surface area (Å²) in [4.78, 5) is 2.26. The van der Waals surface area contributed by atoms with E-state index in [2.05, 4.69) is 74.5 Å². The van der Waals surface area contributed by atoms with Crippen molar-refractivity contribution in [1.29, 1.82) is 0 Å². The number of benzene rings is 4. The van der Waals surface area contributed by atoms with Crippen LogP contribution in [0.1, 0.15) is 50.7 Å². The van der Waals surface area contributed by atoms with Crippen molar-refractivity contribution in [3.63, 3.8) is 0 Å². The smallest absolute Gasteiger partial charge is 0.0151 e. The summed E-state index contributed by atoms with van der Waals surface area (Å²) < 4.78 is 0. The molecule has 4 aromatic carbocycles. The average molecular weight is 431 g/mol. The highest BCUT2D eigenvalue weighted by atomic mass is 32.1. The second kappa shape index (κ2) is 9.49. The Morgan fingerprint density at radius 1 is 0.567 bits per heavy atom. The van der Waals surface area contributed by atoms with Crippen molar-refractivity contribution in [3.05, 3.63) is 71.8 Å². The van der Waals surface area contributed by atoms with Crippen LogP contribution in [0, 0.1) is 0 Å². The molecule has 4 aromatic rings. The molecule has 0 bridgehead atoms. The van der Waals surface area contributed by atoms with Crippen molar-refractivity contribution >= 4 is 46.8 Å². The predicted octanol–water partition coefficient (Wildman–Crippen LogP) is 8.92. The zero-order valence-corrected chi connectivity index (χ0v) is 19.7. The van der Waals surface area contributed by atoms with E-state index in [1.165, 1.54) is 69.5 Å². The van der Waals surface area contributed by atoms with E-state index in [1.54, 1.807) is 0 Å². The van der Waals surface area contributed by atoms with Crippen molar-refractivity contribution in [1.82, 2.24) is 0 Å². The van der Waals surface area contributed by atoms with Crippen LogP contribution >= 0.6 is 25.3 Å². The summed E-state index contributed by atoms with van der Waals surface area (Å²) in [5.41, 5.74) is 5.33. The van der Waals surface area contributed by atoms with Crippen LogP contribution in [0.5, 0.6) is 0 Å². The van der Waals surface area contributed by atoms with Gasteiger partial charge in [-0.1, -0.05) is 75.2 Å². The molecule has 0 atom stereocenters. The minimum Gasteiger partial charge on any atom is -0.143 e. The van der Waals surface area contributed by atoms with Crippen LogP contribution in [0.25, 0.3) is 32.7 Å². The minimum atomic E-state index is 1.07. The Morgan fingerprint density at radius 3 is 1.30 bits per heavy atom. The van der Waals surface area contributed by atoms with Crippen molar-refractivity contribution in [2.24, 2.45) is 0 Å². The van der Waals surface area contributed by atoms with Gasteiger partial charge in [-0.3, -0.25) is 0 Å². The van der Waals surface area contributed by atoms with E-state index in [9.17, 15) is 0 Å². The van der Waals surface area contributed by atoms with Crippen LogP contribution in [0.15, 0.2) is 70.5 Å².